The van der Waals surface area contributed by atoms with Gasteiger partial charge in [0.2, 0.25) is 0 Å². The Kier molecular flexibility index (Phi) is 2.61. The topological polar surface area (TPSA) is 63.5 Å². The van der Waals surface area contributed by atoms with Gasteiger partial charge in [-0.3, -0.25) is 0 Å². The molecule has 90 valence electrons. The zero-order valence-corrected chi connectivity index (χ0v) is 9.71. The second kappa shape index (κ2) is 4.13. The van der Waals surface area contributed by atoms with Crippen LogP contribution in [-0.4, -0.2) is 21.1 Å². The zero-order chi connectivity index (χ0) is 11.8. The minimum Gasteiger partial charge on any atom is -0.394 e. The van der Waals surface area contributed by atoms with Crippen LogP contribution in [0.1, 0.15) is 42.6 Å². The molecule has 0 saturated heterocycles. The summed E-state index contributed by atoms with van der Waals surface area (Å²) in [4.78, 5) is 4.50. The van der Waals surface area contributed by atoms with Crippen molar-refractivity contribution in [1.29, 1.82) is 0 Å². The molecule has 1 fully saturated rings. The minimum absolute atomic E-state index is 0.0280. The molecule has 3 N–H and O–H groups in total. The Labute approximate surface area is 100 Å². The van der Waals surface area contributed by atoms with Gasteiger partial charge < -0.3 is 15.2 Å². The lowest BCUT2D eigenvalue weighted by Gasteiger charge is -2.24. The van der Waals surface area contributed by atoms with Gasteiger partial charge in [-0.25, -0.2) is 4.98 Å². The maximum absolute atomic E-state index is 9.05. The number of pyridine rings is 1. The van der Waals surface area contributed by atoms with Crippen LogP contribution in [0.4, 0.5) is 0 Å². The van der Waals surface area contributed by atoms with Gasteiger partial charge in [-0.2, -0.15) is 0 Å². The smallest absolute Gasteiger partial charge is 0.116 e. The molecule has 4 heteroatoms. The first-order chi connectivity index (χ1) is 8.29. The van der Waals surface area contributed by atoms with Crippen molar-refractivity contribution in [1.82, 2.24) is 9.38 Å². The predicted molar refractivity (Wildman–Crippen MR) is 65.8 cm³/mol. The van der Waals surface area contributed by atoms with Crippen molar-refractivity contribution in [3.8, 4) is 0 Å². The highest BCUT2D eigenvalue weighted by Gasteiger charge is 2.23. The Morgan fingerprint density at radius 2 is 2.35 bits per heavy atom. The van der Waals surface area contributed by atoms with Gasteiger partial charge in [0.1, 0.15) is 5.82 Å². The molecule has 0 bridgehead atoms. The summed E-state index contributed by atoms with van der Waals surface area (Å²) in [5.74, 6) is 1.78. The molecule has 17 heavy (non-hydrogen) atoms. The minimum atomic E-state index is -0.304. The molecule has 2 aromatic rings. The van der Waals surface area contributed by atoms with Crippen molar-refractivity contribution in [2.24, 2.45) is 5.73 Å². The third-order valence-corrected chi connectivity index (χ3v) is 3.68. The molecule has 1 unspecified atom stereocenters. The molecule has 2 aromatic heterocycles. The molecule has 1 atom stereocenters. The monoisotopic (exact) mass is 231 g/mol. The average molecular weight is 231 g/mol. The SMILES string of the molecule is NC(CO)c1ccn2c(C3CCC3)ncc2c1. The second-order valence-corrected chi connectivity index (χ2v) is 4.79. The van der Waals surface area contributed by atoms with Crippen LogP contribution in [0.25, 0.3) is 5.52 Å². The van der Waals surface area contributed by atoms with Crippen molar-refractivity contribution >= 4 is 5.52 Å². The van der Waals surface area contributed by atoms with Crippen LogP contribution in [-0.2, 0) is 0 Å². The molecular formula is C13H17N3O. The lowest BCUT2D eigenvalue weighted by atomic mass is 9.85. The van der Waals surface area contributed by atoms with Crippen LogP contribution in [0.3, 0.4) is 0 Å². The fourth-order valence-corrected chi connectivity index (χ4v) is 2.34. The molecule has 0 amide bonds. The van der Waals surface area contributed by atoms with Gasteiger partial charge >= 0.3 is 0 Å². The van der Waals surface area contributed by atoms with Crippen LogP contribution in [0, 0.1) is 0 Å². The molecular weight excluding hydrogens is 214 g/mol. The number of imidazole rings is 1. The molecule has 1 saturated carbocycles. The lowest BCUT2D eigenvalue weighted by molar-refractivity contribution is 0.268. The number of fused-ring (bicyclic) bond motifs is 1. The Hall–Kier alpha value is -1.39. The summed E-state index contributed by atoms with van der Waals surface area (Å²) in [6.07, 6.45) is 7.71. The summed E-state index contributed by atoms with van der Waals surface area (Å²) < 4.78 is 2.14. The molecule has 1 aliphatic carbocycles. The number of aliphatic hydroxyl groups excluding tert-OH is 1. The van der Waals surface area contributed by atoms with Gasteiger partial charge in [-0.15, -0.1) is 0 Å². The molecule has 0 spiro atoms. The Morgan fingerprint density at radius 3 is 3.00 bits per heavy atom. The third-order valence-electron chi connectivity index (χ3n) is 3.68. The fourth-order valence-electron chi connectivity index (χ4n) is 2.34. The van der Waals surface area contributed by atoms with Crippen LogP contribution in [0.15, 0.2) is 24.5 Å². The quantitative estimate of drug-likeness (QED) is 0.843. The van der Waals surface area contributed by atoms with E-state index in [9.17, 15) is 0 Å². The highest BCUT2D eigenvalue weighted by molar-refractivity contribution is 5.49. The summed E-state index contributed by atoms with van der Waals surface area (Å²) in [5.41, 5.74) is 7.83. The second-order valence-electron chi connectivity index (χ2n) is 4.79. The molecule has 4 nitrogen and oxygen atoms in total. The first-order valence-electron chi connectivity index (χ1n) is 6.13. The number of aromatic nitrogens is 2. The maximum Gasteiger partial charge on any atom is 0.116 e. The van der Waals surface area contributed by atoms with Gasteiger partial charge in [-0.05, 0) is 30.5 Å². The highest BCUT2D eigenvalue weighted by atomic mass is 16.3. The van der Waals surface area contributed by atoms with Gasteiger partial charge in [0.25, 0.3) is 0 Å². The molecule has 0 aliphatic heterocycles. The lowest BCUT2D eigenvalue weighted by Crippen LogP contribution is -2.15. The molecule has 1 aliphatic rings. The van der Waals surface area contributed by atoms with Gasteiger partial charge in [0.15, 0.2) is 0 Å². The maximum atomic E-state index is 9.05. The van der Waals surface area contributed by atoms with Gasteiger partial charge in [-0.1, -0.05) is 6.42 Å². The Bertz CT molecular complexity index is 530. The summed E-state index contributed by atoms with van der Waals surface area (Å²) in [5, 5.41) is 9.05. The van der Waals surface area contributed by atoms with Crippen LogP contribution in [0.2, 0.25) is 0 Å². The Morgan fingerprint density at radius 1 is 1.53 bits per heavy atom. The van der Waals surface area contributed by atoms with Crippen molar-refractivity contribution in [3.63, 3.8) is 0 Å². The van der Waals surface area contributed by atoms with Crippen LogP contribution in [0.5, 0.6) is 0 Å². The standard InChI is InChI=1S/C13H17N3O/c14-12(8-17)10-4-5-16-11(6-10)7-15-13(16)9-2-1-3-9/h4-7,9,12,17H,1-3,8,14H2. The molecule has 0 radical (unpaired) electrons. The number of hydrogen-bond acceptors (Lipinski definition) is 3. The number of nitrogens with two attached hydrogens (primary N) is 1. The number of rotatable bonds is 3. The largest absolute Gasteiger partial charge is 0.394 e. The van der Waals surface area contributed by atoms with Gasteiger partial charge in [0, 0.05) is 12.1 Å². The van der Waals surface area contributed by atoms with Crippen molar-refractivity contribution in [2.75, 3.05) is 6.61 Å². The van der Waals surface area contributed by atoms with Crippen molar-refractivity contribution < 1.29 is 5.11 Å². The summed E-state index contributed by atoms with van der Waals surface area (Å²) >= 11 is 0. The van der Waals surface area contributed by atoms with E-state index in [0.29, 0.717) is 5.92 Å². The molecule has 3 rings (SSSR count). The number of aliphatic hydroxyl groups is 1. The summed E-state index contributed by atoms with van der Waals surface area (Å²) in [6, 6.07) is 3.68. The molecule has 0 aromatic carbocycles. The van der Waals surface area contributed by atoms with Crippen molar-refractivity contribution in [3.05, 3.63) is 35.9 Å². The van der Waals surface area contributed by atoms with E-state index in [1.807, 2.05) is 24.5 Å². The van der Waals surface area contributed by atoms with E-state index in [0.717, 1.165) is 16.9 Å². The number of hydrogen-bond donors (Lipinski definition) is 2. The first kappa shape index (κ1) is 10.7. The predicted octanol–water partition coefficient (Wildman–Crippen LogP) is 1.59. The van der Waals surface area contributed by atoms with E-state index in [4.69, 9.17) is 10.8 Å². The van der Waals surface area contributed by atoms with Crippen LogP contribution < -0.4 is 5.73 Å². The number of nitrogens with zero attached hydrogens (tertiary/aromatic N) is 2. The zero-order valence-electron chi connectivity index (χ0n) is 9.71. The van der Waals surface area contributed by atoms with E-state index in [2.05, 4.69) is 9.38 Å². The first-order valence-corrected chi connectivity index (χ1v) is 6.13. The summed E-state index contributed by atoms with van der Waals surface area (Å²) in [6.45, 7) is -0.0280. The third kappa shape index (κ3) is 1.73. The van der Waals surface area contributed by atoms with E-state index in [1.165, 1.54) is 19.3 Å². The Balaban J connectivity index is 2.01. The van der Waals surface area contributed by atoms with E-state index >= 15 is 0 Å². The fraction of sp³-hybridized carbons (Fsp3) is 0.462. The van der Waals surface area contributed by atoms with Crippen molar-refractivity contribution in [2.45, 2.75) is 31.2 Å². The summed E-state index contributed by atoms with van der Waals surface area (Å²) in [7, 11) is 0. The van der Waals surface area contributed by atoms with E-state index < -0.39 is 0 Å². The van der Waals surface area contributed by atoms with Gasteiger partial charge in [0.05, 0.1) is 24.4 Å². The van der Waals surface area contributed by atoms with E-state index in [-0.39, 0.29) is 12.6 Å². The average Bonchev–Trinajstić information content (AvgIpc) is 2.69. The normalized spacial score (nSPS) is 18.2. The molecule has 2 heterocycles. The van der Waals surface area contributed by atoms with Crippen LogP contribution >= 0.6 is 0 Å². The van der Waals surface area contributed by atoms with E-state index in [1.54, 1.807) is 0 Å². The highest BCUT2D eigenvalue weighted by Crippen LogP contribution is 2.35.